The predicted molar refractivity (Wildman–Crippen MR) is 95.1 cm³/mol. The molecule has 24 heavy (non-hydrogen) atoms. The number of carbonyl (C=O) groups is 1. The minimum atomic E-state index is -3.91. The standard InChI is InChI=1S/C17H17ClN2O3S/c1-10-9-16(11(2)8-13(10)18)24(22,23)20-12(3)17(21)19-14-6-4-5-7-15(14)20/h4-9,12H,1-3H3,(H,19,21). The molecule has 0 saturated carbocycles. The van der Waals surface area contributed by atoms with Gasteiger partial charge in [0.05, 0.1) is 16.3 Å². The maximum absolute atomic E-state index is 13.3. The van der Waals surface area contributed by atoms with Crippen LogP contribution in [0, 0.1) is 13.8 Å². The number of anilines is 2. The van der Waals surface area contributed by atoms with Crippen molar-refractivity contribution in [1.82, 2.24) is 0 Å². The molecule has 0 saturated heterocycles. The van der Waals surface area contributed by atoms with E-state index in [1.807, 2.05) is 0 Å². The Labute approximate surface area is 146 Å². The summed E-state index contributed by atoms with van der Waals surface area (Å²) >= 11 is 6.08. The van der Waals surface area contributed by atoms with E-state index in [4.69, 9.17) is 11.6 Å². The average molecular weight is 365 g/mol. The number of nitrogens with zero attached hydrogens (tertiary/aromatic N) is 1. The maximum Gasteiger partial charge on any atom is 0.265 e. The molecule has 126 valence electrons. The van der Waals surface area contributed by atoms with Crippen molar-refractivity contribution in [3.63, 3.8) is 0 Å². The first-order chi connectivity index (χ1) is 11.2. The molecule has 1 heterocycles. The molecule has 1 aliphatic heterocycles. The van der Waals surface area contributed by atoms with Crippen LogP contribution in [0.15, 0.2) is 41.3 Å². The fourth-order valence-electron chi connectivity index (χ4n) is 2.80. The van der Waals surface area contributed by atoms with Gasteiger partial charge in [-0.1, -0.05) is 23.7 Å². The lowest BCUT2D eigenvalue weighted by atomic mass is 10.1. The van der Waals surface area contributed by atoms with Gasteiger partial charge in [0, 0.05) is 5.02 Å². The molecule has 7 heteroatoms. The summed E-state index contributed by atoms with van der Waals surface area (Å²) in [5.74, 6) is -0.361. The van der Waals surface area contributed by atoms with Gasteiger partial charge >= 0.3 is 0 Å². The zero-order valence-electron chi connectivity index (χ0n) is 13.5. The third kappa shape index (κ3) is 2.56. The topological polar surface area (TPSA) is 66.5 Å². The second kappa shape index (κ2) is 5.79. The summed E-state index contributed by atoms with van der Waals surface area (Å²) in [6.45, 7) is 5.01. The van der Waals surface area contributed by atoms with Crippen LogP contribution in [-0.2, 0) is 14.8 Å². The quantitative estimate of drug-likeness (QED) is 0.886. The van der Waals surface area contributed by atoms with Crippen LogP contribution in [0.5, 0.6) is 0 Å². The number of fused-ring (bicyclic) bond motifs is 1. The summed E-state index contributed by atoms with van der Waals surface area (Å²) in [6, 6.07) is 9.19. The van der Waals surface area contributed by atoms with Crippen molar-refractivity contribution in [3.05, 3.63) is 52.5 Å². The number of hydrogen-bond acceptors (Lipinski definition) is 3. The molecule has 5 nitrogen and oxygen atoms in total. The number of rotatable bonds is 2. The molecule has 0 spiro atoms. The highest BCUT2D eigenvalue weighted by Crippen LogP contribution is 2.37. The highest BCUT2D eigenvalue weighted by molar-refractivity contribution is 7.93. The van der Waals surface area contributed by atoms with Crippen molar-refractivity contribution in [2.45, 2.75) is 31.7 Å². The Hall–Kier alpha value is -2.05. The molecule has 0 aliphatic carbocycles. The summed E-state index contributed by atoms with van der Waals surface area (Å²) in [6.07, 6.45) is 0. The molecule has 0 bridgehead atoms. The first kappa shape index (κ1) is 16.8. The highest BCUT2D eigenvalue weighted by atomic mass is 35.5. The Morgan fingerprint density at radius 2 is 1.79 bits per heavy atom. The molecule has 1 amide bonds. The number of para-hydroxylation sites is 2. The summed E-state index contributed by atoms with van der Waals surface area (Å²) < 4.78 is 27.8. The molecule has 2 aromatic rings. The van der Waals surface area contributed by atoms with E-state index in [9.17, 15) is 13.2 Å². The van der Waals surface area contributed by atoms with E-state index >= 15 is 0 Å². The van der Waals surface area contributed by atoms with Gasteiger partial charge in [0.2, 0.25) is 5.91 Å². The average Bonchev–Trinajstić information content (AvgIpc) is 2.51. The van der Waals surface area contributed by atoms with Crippen LogP contribution in [0.3, 0.4) is 0 Å². The van der Waals surface area contributed by atoms with E-state index in [0.29, 0.717) is 27.5 Å². The van der Waals surface area contributed by atoms with Crippen molar-refractivity contribution in [1.29, 1.82) is 0 Å². The van der Waals surface area contributed by atoms with Crippen LogP contribution >= 0.6 is 11.6 Å². The zero-order chi connectivity index (χ0) is 17.6. The Kier molecular flexibility index (Phi) is 4.05. The molecule has 0 radical (unpaired) electrons. The van der Waals surface area contributed by atoms with Crippen molar-refractivity contribution in [2.24, 2.45) is 0 Å². The fourth-order valence-corrected chi connectivity index (χ4v) is 4.95. The number of carbonyl (C=O) groups excluding carboxylic acids is 1. The molecule has 0 fully saturated rings. The van der Waals surface area contributed by atoms with E-state index < -0.39 is 16.1 Å². The van der Waals surface area contributed by atoms with Crippen molar-refractivity contribution >= 4 is 38.9 Å². The second-order valence-corrected chi connectivity index (χ2v) is 8.04. The molecule has 1 aliphatic rings. The lowest BCUT2D eigenvalue weighted by Gasteiger charge is -2.35. The number of aryl methyl sites for hydroxylation is 2. The van der Waals surface area contributed by atoms with Gasteiger partial charge in [-0.15, -0.1) is 0 Å². The number of sulfonamides is 1. The van der Waals surface area contributed by atoms with E-state index in [-0.39, 0.29) is 10.8 Å². The Morgan fingerprint density at radius 3 is 2.50 bits per heavy atom. The van der Waals surface area contributed by atoms with Gasteiger partial charge in [0.1, 0.15) is 6.04 Å². The number of nitrogens with one attached hydrogen (secondary N) is 1. The second-order valence-electron chi connectivity index (χ2n) is 5.85. The van der Waals surface area contributed by atoms with Gasteiger partial charge < -0.3 is 5.32 Å². The summed E-state index contributed by atoms with van der Waals surface area (Å²) in [4.78, 5) is 12.4. The summed E-state index contributed by atoms with van der Waals surface area (Å²) in [7, 11) is -3.91. The van der Waals surface area contributed by atoms with E-state index in [0.717, 1.165) is 0 Å². The molecule has 2 aromatic carbocycles. The van der Waals surface area contributed by atoms with Crippen LogP contribution in [0.25, 0.3) is 0 Å². The minimum Gasteiger partial charge on any atom is -0.322 e. The van der Waals surface area contributed by atoms with Crippen molar-refractivity contribution in [3.8, 4) is 0 Å². The first-order valence-corrected chi connectivity index (χ1v) is 9.26. The maximum atomic E-state index is 13.3. The van der Waals surface area contributed by atoms with E-state index in [2.05, 4.69) is 5.32 Å². The van der Waals surface area contributed by atoms with Crippen molar-refractivity contribution in [2.75, 3.05) is 9.62 Å². The fraction of sp³-hybridized carbons (Fsp3) is 0.235. The molecule has 0 aromatic heterocycles. The molecule has 3 rings (SSSR count). The van der Waals surface area contributed by atoms with Crippen LogP contribution in [-0.4, -0.2) is 20.4 Å². The van der Waals surface area contributed by atoms with Gasteiger partial charge in [0.15, 0.2) is 0 Å². The lowest BCUT2D eigenvalue weighted by molar-refractivity contribution is -0.117. The third-order valence-corrected chi connectivity index (χ3v) is 6.56. The SMILES string of the molecule is Cc1cc(S(=O)(=O)N2c3ccccc3NC(=O)C2C)c(C)cc1Cl. The number of halogens is 1. The Morgan fingerprint density at radius 1 is 1.12 bits per heavy atom. The highest BCUT2D eigenvalue weighted by Gasteiger charge is 2.38. The normalized spacial score (nSPS) is 17.4. The van der Waals surface area contributed by atoms with Gasteiger partial charge in [-0.3, -0.25) is 9.10 Å². The van der Waals surface area contributed by atoms with Crippen molar-refractivity contribution < 1.29 is 13.2 Å². The summed E-state index contributed by atoms with van der Waals surface area (Å²) in [5, 5.41) is 3.24. The van der Waals surface area contributed by atoms with Gasteiger partial charge in [-0.2, -0.15) is 0 Å². The number of amides is 1. The van der Waals surface area contributed by atoms with E-state index in [1.54, 1.807) is 57.2 Å². The smallest absolute Gasteiger partial charge is 0.265 e. The van der Waals surface area contributed by atoms with E-state index in [1.165, 1.54) is 4.31 Å². The van der Waals surface area contributed by atoms with Gasteiger partial charge in [-0.25, -0.2) is 8.42 Å². The molecule has 1 unspecified atom stereocenters. The lowest BCUT2D eigenvalue weighted by Crippen LogP contribution is -2.49. The number of benzene rings is 2. The largest absolute Gasteiger partial charge is 0.322 e. The van der Waals surface area contributed by atoms with Crippen LogP contribution < -0.4 is 9.62 Å². The Balaban J connectivity index is 2.23. The molecule has 1 atom stereocenters. The first-order valence-electron chi connectivity index (χ1n) is 7.44. The monoisotopic (exact) mass is 364 g/mol. The predicted octanol–water partition coefficient (Wildman–Crippen LogP) is 3.49. The third-order valence-electron chi connectivity index (χ3n) is 4.12. The summed E-state index contributed by atoms with van der Waals surface area (Å²) in [5.41, 5.74) is 2.15. The zero-order valence-corrected chi connectivity index (χ0v) is 15.1. The number of hydrogen-bond donors (Lipinski definition) is 1. The van der Waals surface area contributed by atoms with Crippen LogP contribution in [0.4, 0.5) is 11.4 Å². The minimum absolute atomic E-state index is 0.153. The van der Waals surface area contributed by atoms with Crippen LogP contribution in [0.2, 0.25) is 5.02 Å². The molecule has 1 N–H and O–H groups in total. The van der Waals surface area contributed by atoms with Crippen LogP contribution in [0.1, 0.15) is 18.1 Å². The molecular weight excluding hydrogens is 348 g/mol. The molecular formula is C17H17ClN2O3S. The van der Waals surface area contributed by atoms with Gasteiger partial charge in [0.25, 0.3) is 10.0 Å². The Bertz CT molecular complexity index is 941. The van der Waals surface area contributed by atoms with Gasteiger partial charge in [-0.05, 0) is 56.2 Å².